The van der Waals surface area contributed by atoms with E-state index in [1.54, 1.807) is 6.07 Å². The minimum Gasteiger partial charge on any atom is -0.454 e. The van der Waals surface area contributed by atoms with Gasteiger partial charge in [0.15, 0.2) is 17.3 Å². The Morgan fingerprint density at radius 3 is 2.43 bits per heavy atom. The molecule has 0 fully saturated rings. The highest BCUT2D eigenvalue weighted by Crippen LogP contribution is 2.39. The number of hydrogen-bond acceptors (Lipinski definition) is 4. The van der Waals surface area contributed by atoms with Gasteiger partial charge in [0.2, 0.25) is 6.79 Å². The molecule has 4 rings (SSSR count). The number of carbonyl (C=O) groups is 1. The number of fused-ring (bicyclic) bond motifs is 2. The second-order valence-corrected chi connectivity index (χ2v) is 6.02. The molecular formula is C19H17NO3. The summed E-state index contributed by atoms with van der Waals surface area (Å²) in [6.07, 6.45) is 2.61. The number of Topliss-reactive ketones (excluding diaryl/α,β-unsaturated/α-hetero) is 1. The Labute approximate surface area is 134 Å². The Kier molecular flexibility index (Phi) is 3.11. The molecule has 0 N–H and O–H groups in total. The van der Waals surface area contributed by atoms with E-state index < -0.39 is 0 Å². The van der Waals surface area contributed by atoms with E-state index in [4.69, 9.17) is 9.47 Å². The van der Waals surface area contributed by atoms with E-state index in [0.29, 0.717) is 12.2 Å². The summed E-state index contributed by atoms with van der Waals surface area (Å²) < 4.78 is 10.8. The van der Waals surface area contributed by atoms with Gasteiger partial charge in [0.25, 0.3) is 0 Å². The van der Waals surface area contributed by atoms with Crippen LogP contribution in [0.2, 0.25) is 0 Å². The maximum absolute atomic E-state index is 12.6. The molecule has 2 aromatic carbocycles. The zero-order valence-electron chi connectivity index (χ0n) is 13.1. The first kappa shape index (κ1) is 13.9. The van der Waals surface area contributed by atoms with Gasteiger partial charge in [0, 0.05) is 37.3 Å². The van der Waals surface area contributed by atoms with Crippen molar-refractivity contribution in [3.8, 4) is 11.5 Å². The van der Waals surface area contributed by atoms with Crippen LogP contribution in [-0.4, -0.2) is 26.7 Å². The van der Waals surface area contributed by atoms with Gasteiger partial charge in [-0.1, -0.05) is 12.1 Å². The first-order chi connectivity index (χ1) is 11.1. The molecule has 1 aliphatic heterocycles. The third kappa shape index (κ3) is 2.36. The van der Waals surface area contributed by atoms with Crippen LogP contribution < -0.4 is 14.4 Å². The van der Waals surface area contributed by atoms with E-state index in [0.717, 1.165) is 33.7 Å². The molecule has 1 aliphatic carbocycles. The number of nitrogens with zero attached hydrogens (tertiary/aromatic N) is 1. The van der Waals surface area contributed by atoms with Gasteiger partial charge in [-0.2, -0.15) is 0 Å². The lowest BCUT2D eigenvalue weighted by Gasteiger charge is -2.11. The fourth-order valence-electron chi connectivity index (χ4n) is 2.99. The van der Waals surface area contributed by atoms with E-state index in [9.17, 15) is 4.79 Å². The van der Waals surface area contributed by atoms with Gasteiger partial charge in [-0.15, -0.1) is 0 Å². The van der Waals surface area contributed by atoms with Crippen molar-refractivity contribution in [3.63, 3.8) is 0 Å². The lowest BCUT2D eigenvalue weighted by atomic mass is 10.1. The van der Waals surface area contributed by atoms with Crippen LogP contribution in [-0.2, 0) is 6.42 Å². The number of rotatable bonds is 2. The predicted octanol–water partition coefficient (Wildman–Crippen LogP) is 3.30. The molecule has 0 unspecified atom stereocenters. The molecule has 0 saturated carbocycles. The van der Waals surface area contributed by atoms with Gasteiger partial charge in [0.05, 0.1) is 0 Å². The zero-order valence-corrected chi connectivity index (χ0v) is 13.1. The summed E-state index contributed by atoms with van der Waals surface area (Å²) >= 11 is 0. The molecule has 23 heavy (non-hydrogen) atoms. The first-order valence-electron chi connectivity index (χ1n) is 7.57. The third-order valence-electron chi connectivity index (χ3n) is 4.27. The fourth-order valence-corrected chi connectivity index (χ4v) is 2.99. The van der Waals surface area contributed by atoms with Gasteiger partial charge >= 0.3 is 0 Å². The first-order valence-corrected chi connectivity index (χ1v) is 7.57. The molecule has 2 aromatic rings. The SMILES string of the molecule is CN(C)c1ccc(/C=C2\Cc3cc4c(cc3C2=O)OCO4)cc1. The van der Waals surface area contributed by atoms with Crippen LogP contribution in [0.15, 0.2) is 42.0 Å². The van der Waals surface area contributed by atoms with Crippen molar-refractivity contribution < 1.29 is 14.3 Å². The molecule has 0 amide bonds. The van der Waals surface area contributed by atoms with Crippen LogP contribution >= 0.6 is 0 Å². The van der Waals surface area contributed by atoms with Gasteiger partial charge in [-0.05, 0) is 41.5 Å². The molecule has 0 atom stereocenters. The summed E-state index contributed by atoms with van der Waals surface area (Å²) in [5.74, 6) is 1.47. The largest absolute Gasteiger partial charge is 0.454 e. The number of hydrogen-bond donors (Lipinski definition) is 0. The van der Waals surface area contributed by atoms with Crippen LogP contribution in [0, 0.1) is 0 Å². The molecule has 0 spiro atoms. The Bertz CT molecular complexity index is 819. The second-order valence-electron chi connectivity index (χ2n) is 6.02. The maximum Gasteiger partial charge on any atom is 0.231 e. The minimum atomic E-state index is 0.0787. The molecule has 0 aromatic heterocycles. The van der Waals surface area contributed by atoms with Crippen LogP contribution in [0.25, 0.3) is 6.08 Å². The van der Waals surface area contributed by atoms with Crippen molar-refractivity contribution in [1.82, 2.24) is 0 Å². The monoisotopic (exact) mass is 307 g/mol. The topological polar surface area (TPSA) is 38.8 Å². The molecule has 1 heterocycles. The molecule has 0 saturated heterocycles. The Balaban J connectivity index is 1.65. The lowest BCUT2D eigenvalue weighted by Crippen LogP contribution is -2.07. The van der Waals surface area contributed by atoms with E-state index in [2.05, 4.69) is 17.0 Å². The van der Waals surface area contributed by atoms with Crippen molar-refractivity contribution in [2.24, 2.45) is 0 Å². The van der Waals surface area contributed by atoms with Crippen LogP contribution in [0.3, 0.4) is 0 Å². The molecule has 116 valence electrons. The van der Waals surface area contributed by atoms with Crippen molar-refractivity contribution in [1.29, 1.82) is 0 Å². The van der Waals surface area contributed by atoms with Gasteiger partial charge in [0.1, 0.15) is 0 Å². The predicted molar refractivity (Wildman–Crippen MR) is 89.3 cm³/mol. The van der Waals surface area contributed by atoms with Crippen LogP contribution in [0.1, 0.15) is 21.5 Å². The standard InChI is InChI=1S/C19H17NO3/c1-20(2)15-5-3-12(4-6-15)7-14-8-13-9-17-18(23-11-22-17)10-16(13)19(14)21/h3-7,9-10H,8,11H2,1-2H3/b14-7+. The summed E-state index contributed by atoms with van der Waals surface area (Å²) in [4.78, 5) is 14.7. The second kappa shape index (κ2) is 5.16. The Hall–Kier alpha value is -2.75. The smallest absolute Gasteiger partial charge is 0.231 e. The van der Waals surface area contributed by atoms with E-state index >= 15 is 0 Å². The molecule has 0 bridgehead atoms. The fraction of sp³-hybridized carbons (Fsp3) is 0.211. The van der Waals surface area contributed by atoms with Gasteiger partial charge in [-0.25, -0.2) is 0 Å². The molecule has 4 nitrogen and oxygen atoms in total. The summed E-state index contributed by atoms with van der Waals surface area (Å²) in [7, 11) is 4.02. The Morgan fingerprint density at radius 1 is 1.04 bits per heavy atom. The van der Waals surface area contributed by atoms with E-state index in [1.165, 1.54) is 0 Å². The lowest BCUT2D eigenvalue weighted by molar-refractivity contribution is 0.104. The molecule has 0 radical (unpaired) electrons. The summed E-state index contributed by atoms with van der Waals surface area (Å²) in [5.41, 5.74) is 4.72. The number of ether oxygens (including phenoxy) is 2. The van der Waals surface area contributed by atoms with Crippen molar-refractivity contribution >= 4 is 17.5 Å². The number of allylic oxidation sites excluding steroid dienone is 1. The van der Waals surface area contributed by atoms with Crippen molar-refractivity contribution in [2.45, 2.75) is 6.42 Å². The van der Waals surface area contributed by atoms with E-state index in [1.807, 2.05) is 38.4 Å². The Morgan fingerprint density at radius 2 is 1.74 bits per heavy atom. The minimum absolute atomic E-state index is 0.0787. The highest BCUT2D eigenvalue weighted by molar-refractivity contribution is 6.16. The van der Waals surface area contributed by atoms with Crippen molar-refractivity contribution in [2.75, 3.05) is 25.8 Å². The average Bonchev–Trinajstić information content (AvgIpc) is 3.11. The third-order valence-corrected chi connectivity index (χ3v) is 4.27. The summed E-state index contributed by atoms with van der Waals surface area (Å²) in [6.45, 7) is 0.230. The number of benzene rings is 2. The van der Waals surface area contributed by atoms with Gasteiger partial charge < -0.3 is 14.4 Å². The molecular weight excluding hydrogens is 290 g/mol. The molecule has 2 aliphatic rings. The number of ketones is 1. The van der Waals surface area contributed by atoms with E-state index in [-0.39, 0.29) is 12.6 Å². The maximum atomic E-state index is 12.6. The summed E-state index contributed by atoms with van der Waals surface area (Å²) in [5, 5.41) is 0. The van der Waals surface area contributed by atoms with Crippen molar-refractivity contribution in [3.05, 3.63) is 58.7 Å². The zero-order chi connectivity index (χ0) is 16.0. The highest BCUT2D eigenvalue weighted by atomic mass is 16.7. The number of carbonyl (C=O) groups excluding carboxylic acids is 1. The highest BCUT2D eigenvalue weighted by Gasteiger charge is 2.28. The summed E-state index contributed by atoms with van der Waals surface area (Å²) in [6, 6.07) is 11.9. The van der Waals surface area contributed by atoms with Gasteiger partial charge in [-0.3, -0.25) is 4.79 Å². The normalized spacial score (nSPS) is 16.8. The van der Waals surface area contributed by atoms with Crippen LogP contribution in [0.5, 0.6) is 11.5 Å². The van der Waals surface area contributed by atoms with Crippen LogP contribution in [0.4, 0.5) is 5.69 Å². The quantitative estimate of drug-likeness (QED) is 0.798. The average molecular weight is 307 g/mol. The molecule has 4 heteroatoms. The number of anilines is 1.